The molecule has 33 heavy (non-hydrogen) atoms. The number of hydrogen-bond donors (Lipinski definition) is 0. The SMILES string of the molecule is C.CCCCCC/C(=N/OC(=O)c1ccccc1)C(=O)c1ccc(Sc2ccccc2)cc1. The number of hydrogen-bond acceptors (Lipinski definition) is 5. The highest BCUT2D eigenvalue weighted by Crippen LogP contribution is 2.27. The monoisotopic (exact) mass is 461 g/mol. The van der Waals surface area contributed by atoms with Gasteiger partial charge < -0.3 is 4.84 Å². The molecule has 3 rings (SSSR count). The van der Waals surface area contributed by atoms with E-state index in [1.165, 1.54) is 0 Å². The van der Waals surface area contributed by atoms with E-state index in [4.69, 9.17) is 4.84 Å². The third-order valence-electron chi connectivity index (χ3n) is 4.87. The Bertz CT molecular complexity index is 1030. The molecular weight excluding hydrogens is 430 g/mol. The van der Waals surface area contributed by atoms with Crippen LogP contribution in [0.15, 0.2) is 99.9 Å². The van der Waals surface area contributed by atoms with E-state index in [0.717, 1.165) is 35.5 Å². The van der Waals surface area contributed by atoms with Crippen molar-refractivity contribution in [1.29, 1.82) is 0 Å². The average Bonchev–Trinajstić information content (AvgIpc) is 2.84. The molecule has 0 bridgehead atoms. The zero-order valence-corrected chi connectivity index (χ0v) is 19.0. The number of oxime groups is 1. The third kappa shape index (κ3) is 8.35. The summed E-state index contributed by atoms with van der Waals surface area (Å²) in [4.78, 5) is 32.7. The lowest BCUT2D eigenvalue weighted by Crippen LogP contribution is -2.16. The van der Waals surface area contributed by atoms with Crippen molar-refractivity contribution in [3.05, 3.63) is 96.1 Å². The van der Waals surface area contributed by atoms with E-state index in [1.54, 1.807) is 48.2 Å². The van der Waals surface area contributed by atoms with Crippen molar-refractivity contribution in [3.63, 3.8) is 0 Å². The van der Waals surface area contributed by atoms with Gasteiger partial charge in [0, 0.05) is 15.4 Å². The van der Waals surface area contributed by atoms with Crippen LogP contribution >= 0.6 is 11.8 Å². The summed E-state index contributed by atoms with van der Waals surface area (Å²) in [6.07, 6.45) is 4.49. The van der Waals surface area contributed by atoms with E-state index < -0.39 is 5.97 Å². The molecular formula is C28H31NO3S. The van der Waals surface area contributed by atoms with Crippen LogP contribution in [0.3, 0.4) is 0 Å². The van der Waals surface area contributed by atoms with Gasteiger partial charge in [0.15, 0.2) is 0 Å². The van der Waals surface area contributed by atoms with Crippen molar-refractivity contribution in [2.24, 2.45) is 5.16 Å². The second-order valence-corrected chi connectivity index (χ2v) is 8.51. The summed E-state index contributed by atoms with van der Waals surface area (Å²) in [5.74, 6) is -0.780. The van der Waals surface area contributed by atoms with Crippen molar-refractivity contribution in [3.8, 4) is 0 Å². The fraction of sp³-hybridized carbons (Fsp3) is 0.250. The molecule has 0 atom stereocenters. The molecule has 0 N–H and O–H groups in total. The van der Waals surface area contributed by atoms with Crippen LogP contribution in [0.25, 0.3) is 0 Å². The van der Waals surface area contributed by atoms with Crippen molar-refractivity contribution >= 4 is 29.2 Å². The molecule has 172 valence electrons. The zero-order chi connectivity index (χ0) is 22.6. The normalized spacial score (nSPS) is 10.9. The predicted octanol–water partition coefficient (Wildman–Crippen LogP) is 7.84. The Hall–Kier alpha value is -3.18. The Morgan fingerprint density at radius 1 is 0.758 bits per heavy atom. The quantitative estimate of drug-likeness (QED) is 0.0959. The van der Waals surface area contributed by atoms with Gasteiger partial charge in [-0.1, -0.05) is 86.9 Å². The summed E-state index contributed by atoms with van der Waals surface area (Å²) < 4.78 is 0. The lowest BCUT2D eigenvalue weighted by atomic mass is 10.0. The average molecular weight is 462 g/mol. The van der Waals surface area contributed by atoms with Gasteiger partial charge in [0.05, 0.1) is 5.56 Å². The first-order valence-corrected chi connectivity index (χ1v) is 11.7. The van der Waals surface area contributed by atoms with Crippen molar-refractivity contribution in [2.75, 3.05) is 0 Å². The minimum atomic E-state index is -0.570. The summed E-state index contributed by atoms with van der Waals surface area (Å²) in [5, 5.41) is 3.98. The molecule has 0 radical (unpaired) electrons. The zero-order valence-electron chi connectivity index (χ0n) is 18.2. The van der Waals surface area contributed by atoms with Crippen LogP contribution in [0.2, 0.25) is 0 Å². The van der Waals surface area contributed by atoms with Gasteiger partial charge in [0.2, 0.25) is 5.78 Å². The Balaban J connectivity index is 0.00000385. The van der Waals surface area contributed by atoms with Crippen LogP contribution in [-0.4, -0.2) is 17.5 Å². The molecule has 0 aliphatic carbocycles. The minimum Gasteiger partial charge on any atom is -0.312 e. The van der Waals surface area contributed by atoms with Gasteiger partial charge in [-0.3, -0.25) is 4.79 Å². The maximum absolute atomic E-state index is 13.1. The largest absolute Gasteiger partial charge is 0.365 e. The van der Waals surface area contributed by atoms with Crippen LogP contribution in [0.5, 0.6) is 0 Å². The number of ketones is 1. The maximum Gasteiger partial charge on any atom is 0.365 e. The van der Waals surface area contributed by atoms with Gasteiger partial charge in [-0.05, 0) is 61.4 Å². The highest BCUT2D eigenvalue weighted by molar-refractivity contribution is 7.99. The van der Waals surface area contributed by atoms with Crippen LogP contribution < -0.4 is 0 Å². The molecule has 4 nitrogen and oxygen atoms in total. The van der Waals surface area contributed by atoms with Crippen molar-refractivity contribution < 1.29 is 14.4 Å². The predicted molar refractivity (Wildman–Crippen MR) is 136 cm³/mol. The van der Waals surface area contributed by atoms with Crippen LogP contribution in [0.1, 0.15) is 67.2 Å². The summed E-state index contributed by atoms with van der Waals surface area (Å²) in [5.41, 5.74) is 1.21. The minimum absolute atomic E-state index is 0. The maximum atomic E-state index is 13.1. The van der Waals surface area contributed by atoms with E-state index in [1.807, 2.05) is 48.5 Å². The van der Waals surface area contributed by atoms with Crippen LogP contribution in [0.4, 0.5) is 0 Å². The Morgan fingerprint density at radius 3 is 2.00 bits per heavy atom. The fourth-order valence-corrected chi connectivity index (χ4v) is 3.95. The van der Waals surface area contributed by atoms with Gasteiger partial charge in [0.25, 0.3) is 0 Å². The first-order chi connectivity index (χ1) is 15.7. The summed E-state index contributed by atoms with van der Waals surface area (Å²) in [6, 6.07) is 26.2. The van der Waals surface area contributed by atoms with Crippen LogP contribution in [0, 0.1) is 0 Å². The molecule has 0 heterocycles. The van der Waals surface area contributed by atoms with Crippen molar-refractivity contribution in [2.45, 2.75) is 56.2 Å². The van der Waals surface area contributed by atoms with Gasteiger partial charge in [0.1, 0.15) is 5.71 Å². The van der Waals surface area contributed by atoms with E-state index in [2.05, 4.69) is 12.1 Å². The highest BCUT2D eigenvalue weighted by atomic mass is 32.2. The number of carbonyl (C=O) groups is 2. The smallest absolute Gasteiger partial charge is 0.312 e. The van der Waals surface area contributed by atoms with Gasteiger partial charge >= 0.3 is 5.97 Å². The molecule has 0 saturated heterocycles. The highest BCUT2D eigenvalue weighted by Gasteiger charge is 2.17. The number of benzene rings is 3. The lowest BCUT2D eigenvalue weighted by Gasteiger charge is -2.07. The lowest BCUT2D eigenvalue weighted by molar-refractivity contribution is 0.0514. The van der Waals surface area contributed by atoms with E-state index in [9.17, 15) is 9.59 Å². The molecule has 0 aliphatic rings. The number of carbonyl (C=O) groups excluding carboxylic acids is 2. The van der Waals surface area contributed by atoms with Crippen molar-refractivity contribution in [1.82, 2.24) is 0 Å². The molecule has 0 aliphatic heterocycles. The van der Waals surface area contributed by atoms with E-state index in [-0.39, 0.29) is 18.9 Å². The van der Waals surface area contributed by atoms with Gasteiger partial charge in [-0.15, -0.1) is 0 Å². The molecule has 0 spiro atoms. The molecule has 3 aromatic carbocycles. The molecule has 0 amide bonds. The number of rotatable bonds is 11. The molecule has 0 fully saturated rings. The first-order valence-electron chi connectivity index (χ1n) is 10.9. The third-order valence-corrected chi connectivity index (χ3v) is 5.89. The molecule has 0 saturated carbocycles. The Kier molecular flexibility index (Phi) is 11.1. The number of Topliss-reactive ketones (excluding diaryl/α,β-unsaturated/α-hetero) is 1. The molecule has 5 heteroatoms. The molecule has 3 aromatic rings. The topological polar surface area (TPSA) is 55.7 Å². The molecule has 0 unspecified atom stereocenters. The Labute approximate surface area is 201 Å². The summed E-state index contributed by atoms with van der Waals surface area (Å²) in [6.45, 7) is 2.14. The standard InChI is InChI=1S/C27H27NO3S.CH4/c1-2-3-4-11-16-25(28-31-27(30)22-12-7-5-8-13-22)26(29)21-17-19-24(20-18-21)32-23-14-9-6-10-15-23;/h5-10,12-15,17-20H,2-4,11,16H2,1H3;1H4/b28-25-;. The van der Waals surface area contributed by atoms with Crippen LogP contribution in [-0.2, 0) is 4.84 Å². The van der Waals surface area contributed by atoms with E-state index >= 15 is 0 Å². The Morgan fingerprint density at radius 2 is 1.36 bits per heavy atom. The second kappa shape index (κ2) is 14.1. The fourth-order valence-electron chi connectivity index (χ4n) is 3.11. The molecule has 0 aromatic heterocycles. The first kappa shape index (κ1) is 26.1. The number of nitrogens with zero attached hydrogens (tertiary/aromatic N) is 1. The second-order valence-electron chi connectivity index (χ2n) is 7.36. The van der Waals surface area contributed by atoms with Gasteiger partial charge in [-0.25, -0.2) is 4.79 Å². The summed E-state index contributed by atoms with van der Waals surface area (Å²) >= 11 is 1.64. The summed E-state index contributed by atoms with van der Waals surface area (Å²) in [7, 11) is 0. The van der Waals surface area contributed by atoms with Gasteiger partial charge in [-0.2, -0.15) is 0 Å². The number of unbranched alkanes of at least 4 members (excludes halogenated alkanes) is 3. The van der Waals surface area contributed by atoms with E-state index in [0.29, 0.717) is 17.5 Å².